The van der Waals surface area contributed by atoms with Crippen LogP contribution in [0.3, 0.4) is 0 Å². The Labute approximate surface area is 173 Å². The molecule has 1 aromatic heterocycles. The van der Waals surface area contributed by atoms with Crippen molar-refractivity contribution in [2.45, 2.75) is 0 Å². The number of ether oxygens (including phenoxy) is 1. The van der Waals surface area contributed by atoms with Gasteiger partial charge in [0.25, 0.3) is 5.91 Å². The number of carbonyl (C=O) groups excluding carboxylic acids is 1. The average Bonchev–Trinajstić information content (AvgIpc) is 3.24. The highest BCUT2D eigenvalue weighted by molar-refractivity contribution is 7.13. The Hall–Kier alpha value is -2.57. The van der Waals surface area contributed by atoms with Crippen LogP contribution >= 0.6 is 22.9 Å². The molecular formula is C21H20ClN3O2S. The largest absolute Gasteiger partial charge is 0.497 e. The molecule has 1 aliphatic rings. The van der Waals surface area contributed by atoms with Crippen LogP contribution in [0.5, 0.6) is 5.75 Å². The van der Waals surface area contributed by atoms with E-state index in [0.717, 1.165) is 35.1 Å². The molecule has 1 fully saturated rings. The van der Waals surface area contributed by atoms with Crippen LogP contribution in [0.25, 0.3) is 10.6 Å². The van der Waals surface area contributed by atoms with E-state index in [9.17, 15) is 4.79 Å². The number of hydrogen-bond donors (Lipinski definition) is 0. The summed E-state index contributed by atoms with van der Waals surface area (Å²) in [5.74, 6) is 0.829. The fourth-order valence-electron chi connectivity index (χ4n) is 3.25. The molecule has 0 spiro atoms. The number of halogens is 1. The van der Waals surface area contributed by atoms with Gasteiger partial charge in [-0.1, -0.05) is 23.7 Å². The Balaban J connectivity index is 1.40. The number of methoxy groups -OCH3 is 1. The van der Waals surface area contributed by atoms with Crippen LogP contribution < -0.4 is 9.64 Å². The fourth-order valence-corrected chi connectivity index (χ4v) is 4.23. The molecule has 1 amide bonds. The monoisotopic (exact) mass is 413 g/mol. The molecule has 2 heterocycles. The summed E-state index contributed by atoms with van der Waals surface area (Å²) in [6, 6.07) is 15.5. The summed E-state index contributed by atoms with van der Waals surface area (Å²) in [6.45, 7) is 2.94. The van der Waals surface area contributed by atoms with Crippen LogP contribution in [0.15, 0.2) is 53.9 Å². The lowest BCUT2D eigenvalue weighted by molar-refractivity contribution is 0.0742. The Morgan fingerprint density at radius 2 is 1.86 bits per heavy atom. The van der Waals surface area contributed by atoms with Crippen LogP contribution in [-0.2, 0) is 0 Å². The number of anilines is 1. The molecule has 0 atom stereocenters. The van der Waals surface area contributed by atoms with Gasteiger partial charge in [-0.3, -0.25) is 4.79 Å². The molecule has 2 aromatic carbocycles. The first-order chi connectivity index (χ1) is 13.6. The fraction of sp³-hybridized carbons (Fsp3) is 0.238. The molecule has 0 bridgehead atoms. The van der Waals surface area contributed by atoms with Crippen molar-refractivity contribution in [3.05, 3.63) is 64.6 Å². The topological polar surface area (TPSA) is 45.7 Å². The van der Waals surface area contributed by atoms with Crippen LogP contribution in [0.4, 0.5) is 5.69 Å². The van der Waals surface area contributed by atoms with E-state index in [-0.39, 0.29) is 5.91 Å². The van der Waals surface area contributed by atoms with Crippen LogP contribution in [-0.4, -0.2) is 49.1 Å². The van der Waals surface area contributed by atoms with E-state index in [1.165, 1.54) is 11.3 Å². The highest BCUT2D eigenvalue weighted by Crippen LogP contribution is 2.27. The number of thiazole rings is 1. The summed E-state index contributed by atoms with van der Waals surface area (Å²) in [5, 5.41) is 3.30. The average molecular weight is 414 g/mol. The van der Waals surface area contributed by atoms with Gasteiger partial charge in [0, 0.05) is 47.8 Å². The van der Waals surface area contributed by atoms with Gasteiger partial charge in [0.1, 0.15) is 16.5 Å². The zero-order valence-corrected chi connectivity index (χ0v) is 17.0. The lowest BCUT2D eigenvalue weighted by Crippen LogP contribution is -2.48. The first kappa shape index (κ1) is 18.8. The maximum absolute atomic E-state index is 12.8. The summed E-state index contributed by atoms with van der Waals surface area (Å²) in [6.07, 6.45) is 0. The zero-order valence-electron chi connectivity index (χ0n) is 15.5. The van der Waals surface area contributed by atoms with Gasteiger partial charge in [-0.2, -0.15) is 0 Å². The van der Waals surface area contributed by atoms with Crippen molar-refractivity contribution in [3.63, 3.8) is 0 Å². The minimum atomic E-state index is -0.0149. The van der Waals surface area contributed by atoms with E-state index in [1.807, 2.05) is 58.8 Å². The maximum Gasteiger partial charge on any atom is 0.273 e. The molecule has 28 heavy (non-hydrogen) atoms. The minimum Gasteiger partial charge on any atom is -0.497 e. The Kier molecular flexibility index (Phi) is 5.50. The highest BCUT2D eigenvalue weighted by atomic mass is 35.5. The normalized spacial score (nSPS) is 14.2. The van der Waals surface area contributed by atoms with Crippen LogP contribution in [0.2, 0.25) is 5.02 Å². The number of nitrogens with zero attached hydrogens (tertiary/aromatic N) is 3. The van der Waals surface area contributed by atoms with Crippen molar-refractivity contribution in [3.8, 4) is 16.3 Å². The number of benzene rings is 2. The van der Waals surface area contributed by atoms with E-state index in [0.29, 0.717) is 23.8 Å². The number of piperazine rings is 1. The van der Waals surface area contributed by atoms with Crippen molar-refractivity contribution < 1.29 is 9.53 Å². The summed E-state index contributed by atoms with van der Waals surface area (Å²) >= 11 is 7.52. The van der Waals surface area contributed by atoms with Gasteiger partial charge in [0.15, 0.2) is 0 Å². The number of hydrogen-bond acceptors (Lipinski definition) is 5. The second-order valence-electron chi connectivity index (χ2n) is 6.53. The van der Waals surface area contributed by atoms with Gasteiger partial charge in [-0.25, -0.2) is 4.98 Å². The molecule has 144 valence electrons. The molecular weight excluding hydrogens is 394 g/mol. The summed E-state index contributed by atoms with van der Waals surface area (Å²) in [7, 11) is 1.66. The quantitative estimate of drug-likeness (QED) is 0.634. The van der Waals surface area contributed by atoms with E-state index < -0.39 is 0 Å². The van der Waals surface area contributed by atoms with E-state index in [4.69, 9.17) is 16.3 Å². The number of carbonyl (C=O) groups is 1. The molecule has 7 heteroatoms. The highest BCUT2D eigenvalue weighted by Gasteiger charge is 2.24. The third-order valence-corrected chi connectivity index (χ3v) is 5.93. The predicted octanol–water partition coefficient (Wildman–Crippen LogP) is 4.43. The van der Waals surface area contributed by atoms with Crippen LogP contribution in [0.1, 0.15) is 10.5 Å². The van der Waals surface area contributed by atoms with Gasteiger partial charge in [0.2, 0.25) is 0 Å². The van der Waals surface area contributed by atoms with Gasteiger partial charge in [-0.05, 0) is 36.4 Å². The van der Waals surface area contributed by atoms with Gasteiger partial charge < -0.3 is 14.5 Å². The second kappa shape index (κ2) is 8.20. The molecule has 0 radical (unpaired) electrons. The standard InChI is InChI=1S/C21H20ClN3O2S/c1-27-18-7-5-17(6-8-18)24-9-11-25(12-10-24)21(26)19-14-28-20(23-19)15-3-2-4-16(22)13-15/h2-8,13-14H,9-12H2,1H3. The zero-order chi connectivity index (χ0) is 19.5. The molecule has 1 aliphatic heterocycles. The van der Waals surface area contributed by atoms with Crippen LogP contribution in [0, 0.1) is 0 Å². The smallest absolute Gasteiger partial charge is 0.273 e. The number of rotatable bonds is 4. The predicted molar refractivity (Wildman–Crippen MR) is 114 cm³/mol. The van der Waals surface area contributed by atoms with Gasteiger partial charge >= 0.3 is 0 Å². The molecule has 0 N–H and O–H groups in total. The maximum atomic E-state index is 12.8. The summed E-state index contributed by atoms with van der Waals surface area (Å²) in [5.41, 5.74) is 2.57. The first-order valence-electron chi connectivity index (χ1n) is 9.04. The molecule has 0 saturated carbocycles. The van der Waals surface area contributed by atoms with Crippen molar-refractivity contribution >= 4 is 34.5 Å². The lowest BCUT2D eigenvalue weighted by Gasteiger charge is -2.35. The second-order valence-corrected chi connectivity index (χ2v) is 7.82. The SMILES string of the molecule is COc1ccc(N2CCN(C(=O)c3csc(-c4cccc(Cl)c4)n3)CC2)cc1. The number of amides is 1. The Morgan fingerprint density at radius 1 is 1.11 bits per heavy atom. The first-order valence-corrected chi connectivity index (χ1v) is 10.3. The van der Waals surface area contributed by atoms with E-state index in [1.54, 1.807) is 7.11 Å². The Morgan fingerprint density at radius 3 is 2.54 bits per heavy atom. The third-order valence-electron chi connectivity index (χ3n) is 4.80. The molecule has 1 saturated heterocycles. The van der Waals surface area contributed by atoms with Crippen molar-refractivity contribution in [2.24, 2.45) is 0 Å². The van der Waals surface area contributed by atoms with E-state index in [2.05, 4.69) is 9.88 Å². The minimum absolute atomic E-state index is 0.0149. The molecule has 3 aromatic rings. The summed E-state index contributed by atoms with van der Waals surface area (Å²) < 4.78 is 5.21. The van der Waals surface area contributed by atoms with Gasteiger partial charge in [-0.15, -0.1) is 11.3 Å². The van der Waals surface area contributed by atoms with Crippen molar-refractivity contribution in [1.29, 1.82) is 0 Å². The van der Waals surface area contributed by atoms with Crippen molar-refractivity contribution in [1.82, 2.24) is 9.88 Å². The molecule has 4 rings (SSSR count). The molecule has 0 aliphatic carbocycles. The molecule has 0 unspecified atom stereocenters. The molecule has 5 nitrogen and oxygen atoms in total. The Bertz CT molecular complexity index is 966. The third kappa shape index (κ3) is 3.98. The summed E-state index contributed by atoms with van der Waals surface area (Å²) in [4.78, 5) is 21.5. The van der Waals surface area contributed by atoms with Gasteiger partial charge in [0.05, 0.1) is 7.11 Å². The number of aromatic nitrogens is 1. The lowest BCUT2D eigenvalue weighted by atomic mass is 10.2. The van der Waals surface area contributed by atoms with Crippen molar-refractivity contribution in [2.75, 3.05) is 38.2 Å². The van der Waals surface area contributed by atoms with E-state index >= 15 is 0 Å².